The number of ether oxygens (including phenoxy) is 3. The van der Waals surface area contributed by atoms with Crippen molar-refractivity contribution in [3.05, 3.63) is 92.7 Å². The minimum Gasteiger partial charge on any atom is -0.497 e. The molecule has 1 aliphatic heterocycles. The molecule has 5 rings (SSSR count). The monoisotopic (exact) mass is 526 g/mol. The van der Waals surface area contributed by atoms with Gasteiger partial charge in [-0.25, -0.2) is 8.42 Å². The van der Waals surface area contributed by atoms with Crippen LogP contribution in [0.25, 0.3) is 10.9 Å². The van der Waals surface area contributed by atoms with Crippen molar-refractivity contribution in [2.75, 3.05) is 13.9 Å². The van der Waals surface area contributed by atoms with Crippen LogP contribution in [0.3, 0.4) is 0 Å². The van der Waals surface area contributed by atoms with Crippen LogP contribution in [0, 0.1) is 6.92 Å². The molecule has 2 heterocycles. The van der Waals surface area contributed by atoms with Crippen LogP contribution in [-0.2, 0) is 23.1 Å². The molecule has 8 nitrogen and oxygen atoms in total. The predicted octanol–water partition coefficient (Wildman–Crippen LogP) is 4.62. The highest BCUT2D eigenvalue weighted by molar-refractivity contribution is 7.89. The van der Waals surface area contributed by atoms with Crippen molar-refractivity contribution in [3.8, 4) is 17.2 Å². The summed E-state index contributed by atoms with van der Waals surface area (Å²) < 4.78 is 44.9. The fraction of sp³-hybridized carbons (Fsp3) is 0.192. The lowest BCUT2D eigenvalue weighted by atomic mass is 10.1. The maximum Gasteiger partial charge on any atom is 0.252 e. The summed E-state index contributed by atoms with van der Waals surface area (Å²) in [6, 6.07) is 16.8. The Bertz CT molecular complexity index is 1630. The van der Waals surface area contributed by atoms with Crippen LogP contribution in [0.4, 0.5) is 0 Å². The third kappa shape index (κ3) is 4.65. The Morgan fingerprint density at radius 1 is 1.00 bits per heavy atom. The van der Waals surface area contributed by atoms with Crippen molar-refractivity contribution in [1.29, 1.82) is 0 Å². The number of aromatic amines is 1. The number of nitrogens with zero attached hydrogens (tertiary/aromatic N) is 1. The number of H-pyrrole nitrogens is 1. The van der Waals surface area contributed by atoms with Gasteiger partial charge in [-0.15, -0.1) is 0 Å². The predicted molar refractivity (Wildman–Crippen MR) is 136 cm³/mol. The molecule has 0 bridgehead atoms. The topological polar surface area (TPSA) is 97.9 Å². The molecule has 10 heteroatoms. The van der Waals surface area contributed by atoms with E-state index in [4.69, 9.17) is 25.8 Å². The second-order valence-corrected chi connectivity index (χ2v) is 10.8. The Kier molecular flexibility index (Phi) is 6.38. The van der Waals surface area contributed by atoms with Crippen LogP contribution >= 0.6 is 11.6 Å². The second kappa shape index (κ2) is 9.50. The SMILES string of the molecule is COc1ccc2[nH]c(=O)c(CN(Cc3ccc4c(c3)OCO4)S(=O)(=O)c3ccc(C)c(Cl)c3)cc2c1. The lowest BCUT2D eigenvalue weighted by molar-refractivity contribution is 0.174. The molecule has 0 atom stereocenters. The molecular formula is C26H23ClN2O6S. The van der Waals surface area contributed by atoms with Gasteiger partial charge in [-0.1, -0.05) is 23.7 Å². The molecule has 0 aliphatic carbocycles. The Balaban J connectivity index is 1.57. The van der Waals surface area contributed by atoms with E-state index in [1.54, 1.807) is 62.6 Å². The summed E-state index contributed by atoms with van der Waals surface area (Å²) in [4.78, 5) is 15.8. The molecule has 4 aromatic rings. The van der Waals surface area contributed by atoms with Gasteiger partial charge >= 0.3 is 0 Å². The van der Waals surface area contributed by atoms with Crippen LogP contribution in [0.15, 0.2) is 70.4 Å². The fourth-order valence-electron chi connectivity index (χ4n) is 4.02. The van der Waals surface area contributed by atoms with E-state index in [-0.39, 0.29) is 30.3 Å². The molecule has 1 N–H and O–H groups in total. The number of sulfonamides is 1. The molecule has 0 spiro atoms. The number of fused-ring (bicyclic) bond motifs is 2. The van der Waals surface area contributed by atoms with Crippen LogP contribution in [0.1, 0.15) is 16.7 Å². The third-order valence-corrected chi connectivity index (χ3v) is 8.25. The van der Waals surface area contributed by atoms with E-state index in [0.29, 0.717) is 38.9 Å². The lowest BCUT2D eigenvalue weighted by Gasteiger charge is -2.23. The Hall–Kier alpha value is -3.53. The summed E-state index contributed by atoms with van der Waals surface area (Å²) in [5, 5.41) is 1.07. The number of hydrogen-bond acceptors (Lipinski definition) is 6. The van der Waals surface area contributed by atoms with Crippen molar-refractivity contribution in [2.24, 2.45) is 0 Å². The number of nitrogens with one attached hydrogen (secondary N) is 1. The van der Waals surface area contributed by atoms with Gasteiger partial charge in [0.1, 0.15) is 5.75 Å². The number of pyridine rings is 1. The van der Waals surface area contributed by atoms with Gasteiger partial charge in [0, 0.05) is 34.6 Å². The van der Waals surface area contributed by atoms with Gasteiger partial charge in [-0.05, 0) is 66.6 Å². The minimum atomic E-state index is -4.03. The largest absolute Gasteiger partial charge is 0.497 e. The average molecular weight is 527 g/mol. The van der Waals surface area contributed by atoms with Gasteiger partial charge in [0.2, 0.25) is 16.8 Å². The first-order valence-electron chi connectivity index (χ1n) is 11.1. The molecule has 3 aromatic carbocycles. The van der Waals surface area contributed by atoms with Crippen molar-refractivity contribution in [1.82, 2.24) is 9.29 Å². The Morgan fingerprint density at radius 2 is 1.81 bits per heavy atom. The average Bonchev–Trinajstić information content (AvgIpc) is 3.33. The molecule has 0 saturated heterocycles. The van der Waals surface area contributed by atoms with Crippen LogP contribution < -0.4 is 19.8 Å². The fourth-order valence-corrected chi connectivity index (χ4v) is 5.69. The molecule has 36 heavy (non-hydrogen) atoms. The standard InChI is InChI=1S/C26H23ClN2O6S/c1-16-3-6-21(12-22(16)27)36(31,32)29(13-17-4-8-24-25(9-17)35-15-34-24)14-19-10-18-11-20(33-2)5-7-23(18)28-26(19)30/h3-12H,13-15H2,1-2H3,(H,28,30). The molecule has 0 amide bonds. The van der Waals surface area contributed by atoms with E-state index >= 15 is 0 Å². The Labute approximate surface area is 213 Å². The highest BCUT2D eigenvalue weighted by Crippen LogP contribution is 2.34. The number of aromatic nitrogens is 1. The van der Waals surface area contributed by atoms with Gasteiger partial charge in [0.15, 0.2) is 11.5 Å². The zero-order valence-corrected chi connectivity index (χ0v) is 21.2. The highest BCUT2D eigenvalue weighted by atomic mass is 35.5. The number of hydrogen-bond donors (Lipinski definition) is 1. The smallest absolute Gasteiger partial charge is 0.252 e. The summed E-state index contributed by atoms with van der Waals surface area (Å²) in [6.45, 7) is 1.75. The molecule has 186 valence electrons. The van der Waals surface area contributed by atoms with E-state index < -0.39 is 10.0 Å². The van der Waals surface area contributed by atoms with E-state index in [1.807, 2.05) is 0 Å². The first-order chi connectivity index (χ1) is 17.2. The molecule has 1 aliphatic rings. The zero-order chi connectivity index (χ0) is 25.4. The molecule has 0 radical (unpaired) electrons. The Morgan fingerprint density at radius 3 is 2.58 bits per heavy atom. The number of benzene rings is 3. The molecule has 0 fully saturated rings. The number of halogens is 1. The van der Waals surface area contributed by atoms with Crippen molar-refractivity contribution >= 4 is 32.5 Å². The minimum absolute atomic E-state index is 0.0000563. The maximum atomic E-state index is 13.8. The molecule has 0 saturated carbocycles. The first-order valence-corrected chi connectivity index (χ1v) is 12.9. The van der Waals surface area contributed by atoms with Gasteiger partial charge in [0.05, 0.1) is 12.0 Å². The summed E-state index contributed by atoms with van der Waals surface area (Å²) in [7, 11) is -2.48. The van der Waals surface area contributed by atoms with E-state index in [1.165, 1.54) is 16.4 Å². The number of methoxy groups -OCH3 is 1. The normalized spacial score (nSPS) is 12.9. The van der Waals surface area contributed by atoms with Gasteiger partial charge in [-0.3, -0.25) is 4.79 Å². The van der Waals surface area contributed by atoms with E-state index in [0.717, 1.165) is 10.9 Å². The van der Waals surface area contributed by atoms with Crippen molar-refractivity contribution in [3.63, 3.8) is 0 Å². The molecular weight excluding hydrogens is 504 g/mol. The summed E-state index contributed by atoms with van der Waals surface area (Å²) in [5.74, 6) is 1.76. The van der Waals surface area contributed by atoms with E-state index in [9.17, 15) is 13.2 Å². The third-order valence-electron chi connectivity index (χ3n) is 6.05. The summed E-state index contributed by atoms with van der Waals surface area (Å²) >= 11 is 6.25. The number of aryl methyl sites for hydroxylation is 1. The van der Waals surface area contributed by atoms with Crippen molar-refractivity contribution < 1.29 is 22.6 Å². The van der Waals surface area contributed by atoms with Crippen molar-refractivity contribution in [2.45, 2.75) is 24.9 Å². The van der Waals surface area contributed by atoms with Crippen LogP contribution in [-0.4, -0.2) is 31.6 Å². The van der Waals surface area contributed by atoms with Crippen LogP contribution in [0.5, 0.6) is 17.2 Å². The van der Waals surface area contributed by atoms with Gasteiger partial charge < -0.3 is 19.2 Å². The van der Waals surface area contributed by atoms with Gasteiger partial charge in [0.25, 0.3) is 5.56 Å². The first kappa shape index (κ1) is 24.2. The molecule has 0 unspecified atom stereocenters. The zero-order valence-electron chi connectivity index (χ0n) is 19.6. The summed E-state index contributed by atoms with van der Waals surface area (Å²) in [6.07, 6.45) is 0. The second-order valence-electron chi connectivity index (χ2n) is 8.45. The highest BCUT2D eigenvalue weighted by Gasteiger charge is 2.27. The number of rotatable bonds is 7. The summed E-state index contributed by atoms with van der Waals surface area (Å²) in [5.41, 5.74) is 1.98. The quantitative estimate of drug-likeness (QED) is 0.377. The van der Waals surface area contributed by atoms with Crippen LogP contribution in [0.2, 0.25) is 5.02 Å². The molecule has 1 aromatic heterocycles. The lowest BCUT2D eigenvalue weighted by Crippen LogP contribution is -2.32. The van der Waals surface area contributed by atoms with E-state index in [2.05, 4.69) is 4.98 Å². The van der Waals surface area contributed by atoms with Gasteiger partial charge in [-0.2, -0.15) is 4.31 Å². The maximum absolute atomic E-state index is 13.8.